The summed E-state index contributed by atoms with van der Waals surface area (Å²) in [7, 11) is 0. The van der Waals surface area contributed by atoms with Crippen LogP contribution < -0.4 is 5.32 Å². The van der Waals surface area contributed by atoms with Crippen LogP contribution in [0.25, 0.3) is 0 Å². The number of aryl methyl sites for hydroxylation is 1. The molecule has 0 bridgehead atoms. The molecule has 0 aliphatic heterocycles. The lowest BCUT2D eigenvalue weighted by Crippen LogP contribution is -2.09. The Balaban J connectivity index is 1.83. The van der Waals surface area contributed by atoms with E-state index in [1.54, 1.807) is 11.3 Å². The van der Waals surface area contributed by atoms with Crippen molar-refractivity contribution in [1.29, 1.82) is 0 Å². The van der Waals surface area contributed by atoms with Gasteiger partial charge in [0.2, 0.25) is 5.95 Å². The number of anilines is 1. The van der Waals surface area contributed by atoms with Gasteiger partial charge < -0.3 is 9.88 Å². The predicted octanol–water partition coefficient (Wildman–Crippen LogP) is 2.62. The Labute approximate surface area is 93.8 Å². The first-order valence-corrected chi connectivity index (χ1v) is 6.05. The molecule has 2 aromatic rings. The van der Waals surface area contributed by atoms with E-state index < -0.39 is 0 Å². The average molecular weight is 221 g/mol. The van der Waals surface area contributed by atoms with Crippen LogP contribution in [0.3, 0.4) is 0 Å². The Hall–Kier alpha value is -1.29. The van der Waals surface area contributed by atoms with Crippen LogP contribution in [-0.4, -0.2) is 16.1 Å². The fourth-order valence-electron chi connectivity index (χ4n) is 1.48. The van der Waals surface area contributed by atoms with Crippen molar-refractivity contribution < 1.29 is 0 Å². The molecule has 2 heterocycles. The zero-order valence-corrected chi connectivity index (χ0v) is 9.63. The van der Waals surface area contributed by atoms with E-state index in [-0.39, 0.29) is 0 Å². The van der Waals surface area contributed by atoms with Crippen LogP contribution >= 0.6 is 11.3 Å². The van der Waals surface area contributed by atoms with Crippen LogP contribution in [0.4, 0.5) is 5.95 Å². The van der Waals surface area contributed by atoms with Gasteiger partial charge in [0, 0.05) is 30.4 Å². The SMILES string of the molecule is CCn1ccnc1NCCc1cccs1. The van der Waals surface area contributed by atoms with E-state index in [1.807, 2.05) is 12.4 Å². The second-order valence-electron chi connectivity index (χ2n) is 3.29. The summed E-state index contributed by atoms with van der Waals surface area (Å²) in [5.41, 5.74) is 0. The first kappa shape index (κ1) is 10.2. The molecule has 0 saturated carbocycles. The molecule has 2 rings (SSSR count). The number of thiophene rings is 1. The summed E-state index contributed by atoms with van der Waals surface area (Å²) >= 11 is 1.80. The van der Waals surface area contributed by atoms with Gasteiger partial charge in [-0.25, -0.2) is 4.98 Å². The van der Waals surface area contributed by atoms with Crippen molar-refractivity contribution in [3.8, 4) is 0 Å². The van der Waals surface area contributed by atoms with E-state index >= 15 is 0 Å². The highest BCUT2D eigenvalue weighted by molar-refractivity contribution is 7.09. The zero-order chi connectivity index (χ0) is 10.5. The van der Waals surface area contributed by atoms with Crippen LogP contribution in [0.15, 0.2) is 29.9 Å². The Bertz CT molecular complexity index is 392. The average Bonchev–Trinajstić information content (AvgIpc) is 2.88. The summed E-state index contributed by atoms with van der Waals surface area (Å²) in [4.78, 5) is 5.68. The summed E-state index contributed by atoms with van der Waals surface area (Å²) < 4.78 is 2.11. The lowest BCUT2D eigenvalue weighted by Gasteiger charge is -2.06. The van der Waals surface area contributed by atoms with Gasteiger partial charge in [-0.15, -0.1) is 11.3 Å². The highest BCUT2D eigenvalue weighted by atomic mass is 32.1. The highest BCUT2D eigenvalue weighted by Gasteiger charge is 1.99. The van der Waals surface area contributed by atoms with E-state index in [9.17, 15) is 0 Å². The van der Waals surface area contributed by atoms with Crippen LogP contribution in [0, 0.1) is 0 Å². The fraction of sp³-hybridized carbons (Fsp3) is 0.364. The standard InChI is InChI=1S/C11H15N3S/c1-2-14-8-7-13-11(14)12-6-5-10-4-3-9-15-10/h3-4,7-9H,2,5-6H2,1H3,(H,12,13). The molecule has 15 heavy (non-hydrogen) atoms. The zero-order valence-electron chi connectivity index (χ0n) is 8.81. The van der Waals surface area contributed by atoms with Gasteiger partial charge in [-0.1, -0.05) is 6.07 Å². The molecule has 1 N–H and O–H groups in total. The number of imidazole rings is 1. The van der Waals surface area contributed by atoms with Crippen molar-refractivity contribution in [2.75, 3.05) is 11.9 Å². The summed E-state index contributed by atoms with van der Waals surface area (Å²) in [5.74, 6) is 0.967. The Morgan fingerprint density at radius 1 is 1.53 bits per heavy atom. The molecule has 0 atom stereocenters. The Morgan fingerprint density at radius 2 is 2.47 bits per heavy atom. The van der Waals surface area contributed by atoms with E-state index in [0.717, 1.165) is 25.5 Å². The highest BCUT2D eigenvalue weighted by Crippen LogP contribution is 2.10. The lowest BCUT2D eigenvalue weighted by molar-refractivity contribution is 0.762. The van der Waals surface area contributed by atoms with Crippen molar-refractivity contribution in [2.24, 2.45) is 0 Å². The summed E-state index contributed by atoms with van der Waals surface area (Å²) in [6, 6.07) is 4.26. The molecule has 3 nitrogen and oxygen atoms in total. The number of hydrogen-bond acceptors (Lipinski definition) is 3. The molecular weight excluding hydrogens is 206 g/mol. The molecule has 0 aliphatic rings. The van der Waals surface area contributed by atoms with Crippen LogP contribution in [-0.2, 0) is 13.0 Å². The van der Waals surface area contributed by atoms with Crippen molar-refractivity contribution in [1.82, 2.24) is 9.55 Å². The third-order valence-corrected chi connectivity index (χ3v) is 3.23. The molecule has 0 radical (unpaired) electrons. The largest absolute Gasteiger partial charge is 0.355 e. The number of aromatic nitrogens is 2. The molecule has 0 unspecified atom stereocenters. The van der Waals surface area contributed by atoms with Gasteiger partial charge in [0.15, 0.2) is 0 Å². The van der Waals surface area contributed by atoms with E-state index in [4.69, 9.17) is 0 Å². The van der Waals surface area contributed by atoms with Gasteiger partial charge in [-0.3, -0.25) is 0 Å². The minimum atomic E-state index is 0.942. The topological polar surface area (TPSA) is 29.9 Å². The molecule has 80 valence electrons. The van der Waals surface area contributed by atoms with E-state index in [1.165, 1.54) is 4.88 Å². The molecule has 0 fully saturated rings. The first-order chi connectivity index (χ1) is 7.40. The van der Waals surface area contributed by atoms with Gasteiger partial charge in [-0.2, -0.15) is 0 Å². The number of rotatable bonds is 5. The van der Waals surface area contributed by atoms with Crippen molar-refractivity contribution >= 4 is 17.3 Å². The molecule has 0 spiro atoms. The van der Waals surface area contributed by atoms with Crippen molar-refractivity contribution in [2.45, 2.75) is 19.9 Å². The van der Waals surface area contributed by atoms with Crippen molar-refractivity contribution in [3.63, 3.8) is 0 Å². The third-order valence-electron chi connectivity index (χ3n) is 2.29. The third kappa shape index (κ3) is 2.59. The summed E-state index contributed by atoms with van der Waals surface area (Å²) in [5, 5.41) is 5.45. The van der Waals surface area contributed by atoms with Gasteiger partial charge in [0.05, 0.1) is 0 Å². The number of nitrogens with zero attached hydrogens (tertiary/aromatic N) is 2. The second-order valence-corrected chi connectivity index (χ2v) is 4.33. The van der Waals surface area contributed by atoms with E-state index in [2.05, 4.69) is 39.3 Å². The normalized spacial score (nSPS) is 10.5. The first-order valence-electron chi connectivity index (χ1n) is 5.17. The van der Waals surface area contributed by atoms with E-state index in [0.29, 0.717) is 0 Å². The monoisotopic (exact) mass is 221 g/mol. The summed E-state index contributed by atoms with van der Waals surface area (Å²) in [6.45, 7) is 4.02. The van der Waals surface area contributed by atoms with Crippen LogP contribution in [0.5, 0.6) is 0 Å². The smallest absolute Gasteiger partial charge is 0.202 e. The second kappa shape index (κ2) is 4.98. The molecular formula is C11H15N3S. The molecule has 0 amide bonds. The van der Waals surface area contributed by atoms with Crippen molar-refractivity contribution in [3.05, 3.63) is 34.8 Å². The van der Waals surface area contributed by atoms with Gasteiger partial charge in [0.1, 0.15) is 0 Å². The molecule has 4 heteroatoms. The quantitative estimate of drug-likeness (QED) is 0.841. The fourth-order valence-corrected chi connectivity index (χ4v) is 2.19. The lowest BCUT2D eigenvalue weighted by atomic mass is 10.3. The van der Waals surface area contributed by atoms with Gasteiger partial charge in [0.25, 0.3) is 0 Å². The maximum absolute atomic E-state index is 4.26. The molecule has 0 saturated heterocycles. The molecule has 0 aromatic carbocycles. The Morgan fingerprint density at radius 3 is 3.20 bits per heavy atom. The van der Waals surface area contributed by atoms with Gasteiger partial charge in [-0.05, 0) is 24.8 Å². The number of hydrogen-bond donors (Lipinski definition) is 1. The predicted molar refractivity (Wildman–Crippen MR) is 64.4 cm³/mol. The number of nitrogens with one attached hydrogen (secondary N) is 1. The molecule has 2 aromatic heterocycles. The molecule has 0 aliphatic carbocycles. The Kier molecular flexibility index (Phi) is 3.40. The summed E-state index contributed by atoms with van der Waals surface area (Å²) in [6.07, 6.45) is 4.89. The van der Waals surface area contributed by atoms with Gasteiger partial charge >= 0.3 is 0 Å². The minimum Gasteiger partial charge on any atom is -0.355 e. The van der Waals surface area contributed by atoms with Crippen LogP contribution in [0.1, 0.15) is 11.8 Å². The maximum atomic E-state index is 4.26. The minimum absolute atomic E-state index is 0.942. The maximum Gasteiger partial charge on any atom is 0.202 e. The van der Waals surface area contributed by atoms with Crippen LogP contribution in [0.2, 0.25) is 0 Å².